The second-order valence-corrected chi connectivity index (χ2v) is 5.43. The Hall–Kier alpha value is -1.07. The van der Waals surface area contributed by atoms with Crippen molar-refractivity contribution < 1.29 is 18.3 Å². The highest BCUT2D eigenvalue weighted by Gasteiger charge is 2.30. The minimum atomic E-state index is -4.33. The van der Waals surface area contributed by atoms with E-state index in [1.807, 2.05) is 0 Å². The third kappa shape index (κ3) is 4.21. The number of hydrogen-bond donors (Lipinski definition) is 2. The van der Waals surface area contributed by atoms with Crippen LogP contribution >= 0.6 is 0 Å². The number of rotatable bonds is 6. The fourth-order valence-electron chi connectivity index (χ4n) is 2.34. The topological polar surface area (TPSA) is 32.3 Å². The molecule has 0 spiro atoms. The van der Waals surface area contributed by atoms with E-state index in [0.29, 0.717) is 12.1 Å². The molecule has 2 rings (SSSR count). The number of hydrogen-bond acceptors (Lipinski definition) is 2. The Labute approximate surface area is 117 Å². The van der Waals surface area contributed by atoms with Gasteiger partial charge in [0.15, 0.2) is 0 Å². The van der Waals surface area contributed by atoms with Gasteiger partial charge in [-0.15, -0.1) is 0 Å². The van der Waals surface area contributed by atoms with E-state index >= 15 is 0 Å². The van der Waals surface area contributed by atoms with Gasteiger partial charge >= 0.3 is 6.18 Å². The Morgan fingerprint density at radius 2 is 1.85 bits per heavy atom. The smallest absolute Gasteiger partial charge is 0.387 e. The number of halogens is 3. The molecule has 0 radical (unpaired) electrons. The van der Waals surface area contributed by atoms with Crippen molar-refractivity contribution in [2.75, 3.05) is 13.1 Å². The molecule has 1 aromatic rings. The summed E-state index contributed by atoms with van der Waals surface area (Å²) in [5.74, 6) is 0.811. The Balaban J connectivity index is 1.75. The quantitative estimate of drug-likeness (QED) is 0.785. The van der Waals surface area contributed by atoms with Gasteiger partial charge in [0.2, 0.25) is 0 Å². The van der Waals surface area contributed by atoms with Crippen LogP contribution < -0.4 is 5.32 Å². The van der Waals surface area contributed by atoms with Crippen LogP contribution in [0.5, 0.6) is 0 Å². The summed E-state index contributed by atoms with van der Waals surface area (Å²) in [5, 5.41) is 13.1. The summed E-state index contributed by atoms with van der Waals surface area (Å²) in [6, 6.07) is 4.68. The van der Waals surface area contributed by atoms with Crippen molar-refractivity contribution in [3.63, 3.8) is 0 Å². The van der Waals surface area contributed by atoms with Crippen LogP contribution in [0.3, 0.4) is 0 Å². The summed E-state index contributed by atoms with van der Waals surface area (Å²) < 4.78 is 37.2. The van der Waals surface area contributed by atoms with Crippen LogP contribution in [-0.2, 0) is 6.18 Å². The molecule has 0 bridgehead atoms. The van der Waals surface area contributed by atoms with Gasteiger partial charge in [0.25, 0.3) is 0 Å². The van der Waals surface area contributed by atoms with Gasteiger partial charge in [0, 0.05) is 6.54 Å². The van der Waals surface area contributed by atoms with Crippen LogP contribution in [0.1, 0.15) is 42.9 Å². The van der Waals surface area contributed by atoms with Crippen LogP contribution in [-0.4, -0.2) is 18.2 Å². The Bertz CT molecular complexity index is 412. The normalized spacial score (nSPS) is 17.8. The summed E-state index contributed by atoms with van der Waals surface area (Å²) in [6.07, 6.45) is -0.0753. The minimum absolute atomic E-state index is 0.373. The molecule has 20 heavy (non-hydrogen) atoms. The highest BCUT2D eigenvalue weighted by Crippen LogP contribution is 2.30. The van der Waals surface area contributed by atoms with Crippen molar-refractivity contribution >= 4 is 0 Å². The Morgan fingerprint density at radius 3 is 2.35 bits per heavy atom. The lowest BCUT2D eigenvalue weighted by Gasteiger charge is -2.25. The zero-order valence-electron chi connectivity index (χ0n) is 11.3. The summed E-state index contributed by atoms with van der Waals surface area (Å²) in [4.78, 5) is 0. The average Bonchev–Trinajstić information content (AvgIpc) is 2.35. The zero-order chi connectivity index (χ0) is 14.6. The second kappa shape index (κ2) is 6.59. The molecule has 2 nitrogen and oxygen atoms in total. The second-order valence-electron chi connectivity index (χ2n) is 5.43. The molecule has 1 fully saturated rings. The van der Waals surface area contributed by atoms with E-state index in [1.165, 1.54) is 31.4 Å². The van der Waals surface area contributed by atoms with Crippen molar-refractivity contribution in [1.29, 1.82) is 0 Å². The van der Waals surface area contributed by atoms with Crippen LogP contribution in [0.15, 0.2) is 24.3 Å². The van der Waals surface area contributed by atoms with E-state index < -0.39 is 17.8 Å². The minimum Gasteiger partial charge on any atom is -0.387 e. The number of alkyl halides is 3. The molecule has 1 unspecified atom stereocenters. The van der Waals surface area contributed by atoms with Gasteiger partial charge in [-0.1, -0.05) is 31.4 Å². The lowest BCUT2D eigenvalue weighted by molar-refractivity contribution is -0.137. The molecular formula is C15H20F3NO. The van der Waals surface area contributed by atoms with Crippen molar-refractivity contribution in [3.8, 4) is 0 Å². The largest absolute Gasteiger partial charge is 0.416 e. The monoisotopic (exact) mass is 287 g/mol. The van der Waals surface area contributed by atoms with Crippen LogP contribution in [0.4, 0.5) is 13.2 Å². The van der Waals surface area contributed by atoms with E-state index in [0.717, 1.165) is 31.0 Å². The molecule has 1 aliphatic carbocycles. The highest BCUT2D eigenvalue weighted by atomic mass is 19.4. The van der Waals surface area contributed by atoms with Crippen LogP contribution in [0, 0.1) is 5.92 Å². The molecule has 0 heterocycles. The fraction of sp³-hybridized carbons (Fsp3) is 0.600. The first kappa shape index (κ1) is 15.3. The number of aliphatic hydroxyl groups is 1. The highest BCUT2D eigenvalue weighted by molar-refractivity contribution is 5.26. The molecule has 1 atom stereocenters. The van der Waals surface area contributed by atoms with Crippen LogP contribution in [0.25, 0.3) is 0 Å². The summed E-state index contributed by atoms with van der Waals surface area (Å²) >= 11 is 0. The maximum absolute atomic E-state index is 12.4. The van der Waals surface area contributed by atoms with E-state index in [2.05, 4.69) is 5.32 Å². The fourth-order valence-corrected chi connectivity index (χ4v) is 2.34. The third-order valence-corrected chi connectivity index (χ3v) is 3.91. The van der Waals surface area contributed by atoms with E-state index in [9.17, 15) is 18.3 Å². The molecule has 5 heteroatoms. The molecule has 0 aliphatic heterocycles. The first-order chi connectivity index (χ1) is 9.47. The van der Waals surface area contributed by atoms with E-state index in [1.54, 1.807) is 0 Å². The van der Waals surface area contributed by atoms with Gasteiger partial charge in [0.05, 0.1) is 11.7 Å². The van der Waals surface area contributed by atoms with Gasteiger partial charge in [-0.3, -0.25) is 0 Å². The molecule has 1 aromatic carbocycles. The first-order valence-corrected chi connectivity index (χ1v) is 7.03. The van der Waals surface area contributed by atoms with E-state index in [4.69, 9.17) is 0 Å². The third-order valence-electron chi connectivity index (χ3n) is 3.91. The maximum Gasteiger partial charge on any atom is 0.416 e. The van der Waals surface area contributed by atoms with Gasteiger partial charge in [-0.25, -0.2) is 0 Å². The van der Waals surface area contributed by atoms with Crippen molar-refractivity contribution in [2.24, 2.45) is 5.92 Å². The zero-order valence-corrected chi connectivity index (χ0v) is 11.3. The summed E-state index contributed by atoms with van der Waals surface area (Å²) in [5.41, 5.74) is -0.180. The molecule has 1 aliphatic rings. The molecule has 0 amide bonds. The molecule has 0 saturated heterocycles. The van der Waals surface area contributed by atoms with Gasteiger partial charge < -0.3 is 10.4 Å². The molecule has 2 N–H and O–H groups in total. The van der Waals surface area contributed by atoms with Gasteiger partial charge in [-0.2, -0.15) is 13.2 Å². The van der Waals surface area contributed by atoms with E-state index in [-0.39, 0.29) is 0 Å². The summed E-state index contributed by atoms with van der Waals surface area (Å²) in [6.45, 7) is 1.22. The summed E-state index contributed by atoms with van der Waals surface area (Å²) in [7, 11) is 0. The Kier molecular flexibility index (Phi) is 5.05. The molecular weight excluding hydrogens is 267 g/mol. The van der Waals surface area contributed by atoms with Crippen molar-refractivity contribution in [3.05, 3.63) is 35.4 Å². The molecule has 112 valence electrons. The molecule has 1 saturated carbocycles. The standard InChI is InChI=1S/C15H20F3NO/c16-15(17,18)13-6-4-12(5-7-13)14(20)10-19-9-8-11-2-1-3-11/h4-7,11,14,19-20H,1-3,8-10H2. The van der Waals surface area contributed by atoms with Gasteiger partial charge in [0.1, 0.15) is 0 Å². The Morgan fingerprint density at radius 1 is 1.20 bits per heavy atom. The SMILES string of the molecule is OC(CNCCC1CCC1)c1ccc(C(F)(F)F)cc1. The number of nitrogens with one attached hydrogen (secondary N) is 1. The van der Waals surface area contributed by atoms with Crippen molar-refractivity contribution in [2.45, 2.75) is 38.0 Å². The predicted molar refractivity (Wildman–Crippen MR) is 71.2 cm³/mol. The van der Waals surface area contributed by atoms with Gasteiger partial charge in [-0.05, 0) is 36.6 Å². The lowest BCUT2D eigenvalue weighted by Crippen LogP contribution is -2.25. The average molecular weight is 287 g/mol. The lowest BCUT2D eigenvalue weighted by atomic mass is 9.83. The van der Waals surface area contributed by atoms with Crippen LogP contribution in [0.2, 0.25) is 0 Å². The number of aliphatic hydroxyl groups excluding tert-OH is 1. The van der Waals surface area contributed by atoms with Crippen molar-refractivity contribution in [1.82, 2.24) is 5.32 Å². The predicted octanol–water partition coefficient (Wildman–Crippen LogP) is 3.52. The number of benzene rings is 1. The molecule has 0 aromatic heterocycles. The first-order valence-electron chi connectivity index (χ1n) is 7.03. The maximum atomic E-state index is 12.4.